The third-order valence-electron chi connectivity index (χ3n) is 2.13. The van der Waals surface area contributed by atoms with Crippen LogP contribution in [0.4, 0.5) is 0 Å². The Hall–Kier alpha value is -0.940. The molecule has 0 fully saturated rings. The van der Waals surface area contributed by atoms with Crippen LogP contribution in [0.3, 0.4) is 0 Å². The van der Waals surface area contributed by atoms with Crippen LogP contribution in [0.5, 0.6) is 0 Å². The van der Waals surface area contributed by atoms with Gasteiger partial charge in [0.1, 0.15) is 0 Å². The number of aromatic nitrogens is 1. The van der Waals surface area contributed by atoms with E-state index in [0.29, 0.717) is 6.61 Å². The highest BCUT2D eigenvalue weighted by Gasteiger charge is 2.04. The summed E-state index contributed by atoms with van der Waals surface area (Å²) in [6.07, 6.45) is 0.745. The first kappa shape index (κ1) is 11.5. The zero-order valence-electron chi connectivity index (χ0n) is 8.52. The highest BCUT2D eigenvalue weighted by Crippen LogP contribution is 2.23. The molecule has 16 heavy (non-hydrogen) atoms. The molecule has 2 aromatic rings. The van der Waals surface area contributed by atoms with E-state index in [0.717, 1.165) is 27.7 Å². The summed E-state index contributed by atoms with van der Waals surface area (Å²) in [7, 11) is 0. The molecule has 3 nitrogen and oxygen atoms in total. The van der Waals surface area contributed by atoms with Gasteiger partial charge in [-0.2, -0.15) is 0 Å². The fourth-order valence-electron chi connectivity index (χ4n) is 1.33. The lowest BCUT2D eigenvalue weighted by Gasteiger charge is -1.96. The molecule has 1 aromatic carbocycles. The minimum Gasteiger partial charge on any atom is -0.304 e. The van der Waals surface area contributed by atoms with Gasteiger partial charge in [0.15, 0.2) is 0 Å². The second-order valence-electron chi connectivity index (χ2n) is 3.25. The summed E-state index contributed by atoms with van der Waals surface area (Å²) < 4.78 is 0. The van der Waals surface area contributed by atoms with Crippen molar-refractivity contribution in [2.75, 3.05) is 6.61 Å². The topological polar surface area (TPSA) is 48.1 Å². The van der Waals surface area contributed by atoms with Gasteiger partial charge < -0.3 is 4.84 Å². The molecule has 0 aliphatic carbocycles. The Kier molecular flexibility index (Phi) is 3.90. The van der Waals surface area contributed by atoms with Crippen molar-refractivity contribution in [3.63, 3.8) is 0 Å². The summed E-state index contributed by atoms with van der Waals surface area (Å²) in [6.45, 7) is 0.494. The van der Waals surface area contributed by atoms with Crippen molar-refractivity contribution in [2.24, 2.45) is 5.90 Å². The van der Waals surface area contributed by atoms with Crippen LogP contribution in [0, 0.1) is 0 Å². The van der Waals surface area contributed by atoms with Gasteiger partial charge in [-0.1, -0.05) is 23.7 Å². The molecule has 0 saturated carbocycles. The minimum absolute atomic E-state index is 0.494. The number of nitrogens with zero attached hydrogens (tertiary/aromatic N) is 1. The molecule has 0 saturated heterocycles. The molecule has 0 aliphatic heterocycles. The van der Waals surface area contributed by atoms with Gasteiger partial charge in [0.05, 0.1) is 17.3 Å². The third-order valence-corrected chi connectivity index (χ3v) is 3.29. The number of thiazole rings is 1. The van der Waals surface area contributed by atoms with E-state index in [2.05, 4.69) is 9.82 Å². The van der Waals surface area contributed by atoms with E-state index in [-0.39, 0.29) is 0 Å². The summed E-state index contributed by atoms with van der Waals surface area (Å²) in [5, 5.41) is 3.78. The van der Waals surface area contributed by atoms with Crippen LogP contribution < -0.4 is 5.90 Å². The number of hydrogen-bond acceptors (Lipinski definition) is 4. The van der Waals surface area contributed by atoms with Crippen LogP contribution in [-0.2, 0) is 11.3 Å². The number of nitrogens with two attached hydrogens (primary N) is 1. The summed E-state index contributed by atoms with van der Waals surface area (Å²) in [4.78, 5) is 9.01. The summed E-state index contributed by atoms with van der Waals surface area (Å²) in [5.74, 6) is 4.97. The average Bonchev–Trinajstić information content (AvgIpc) is 2.76. The third kappa shape index (κ3) is 2.80. The van der Waals surface area contributed by atoms with Crippen molar-refractivity contribution in [3.8, 4) is 11.3 Å². The second-order valence-corrected chi connectivity index (χ2v) is 4.63. The molecule has 0 unspecified atom stereocenters. The van der Waals surface area contributed by atoms with Crippen LogP contribution in [0.25, 0.3) is 11.3 Å². The molecule has 1 aromatic heterocycles. The van der Waals surface area contributed by atoms with Gasteiger partial charge in [-0.05, 0) is 12.1 Å². The first-order chi connectivity index (χ1) is 7.79. The average molecular weight is 255 g/mol. The van der Waals surface area contributed by atoms with Crippen molar-refractivity contribution >= 4 is 22.9 Å². The van der Waals surface area contributed by atoms with Gasteiger partial charge in [0, 0.05) is 22.4 Å². The molecule has 1 heterocycles. The molecule has 0 atom stereocenters. The van der Waals surface area contributed by atoms with Gasteiger partial charge in [-0.15, -0.1) is 11.3 Å². The Balaban J connectivity index is 2.15. The van der Waals surface area contributed by atoms with E-state index in [9.17, 15) is 0 Å². The van der Waals surface area contributed by atoms with Gasteiger partial charge in [-0.25, -0.2) is 10.9 Å². The van der Waals surface area contributed by atoms with Crippen molar-refractivity contribution in [2.45, 2.75) is 6.42 Å². The highest BCUT2D eigenvalue weighted by molar-refractivity contribution is 7.09. The van der Waals surface area contributed by atoms with Gasteiger partial charge in [0.25, 0.3) is 0 Å². The standard InChI is InChI=1S/C11H11ClN2OS/c12-9-3-1-8(2-4-9)10-7-16-11(14-10)5-6-15-13/h1-4,7H,5-6,13H2. The maximum atomic E-state index is 5.82. The molecular formula is C11H11ClN2OS. The Labute approximate surface area is 103 Å². The van der Waals surface area contributed by atoms with Crippen LogP contribution in [0.2, 0.25) is 5.02 Å². The first-order valence-electron chi connectivity index (χ1n) is 4.81. The second kappa shape index (κ2) is 5.41. The van der Waals surface area contributed by atoms with Crippen molar-refractivity contribution in [1.82, 2.24) is 4.98 Å². The van der Waals surface area contributed by atoms with Crippen LogP contribution in [0.1, 0.15) is 5.01 Å². The maximum absolute atomic E-state index is 5.82. The lowest BCUT2D eigenvalue weighted by atomic mass is 10.2. The van der Waals surface area contributed by atoms with E-state index < -0.39 is 0 Å². The Bertz CT molecular complexity index is 455. The molecule has 0 amide bonds. The Morgan fingerprint density at radius 1 is 1.31 bits per heavy atom. The first-order valence-corrected chi connectivity index (χ1v) is 6.07. The highest BCUT2D eigenvalue weighted by atomic mass is 35.5. The van der Waals surface area contributed by atoms with Crippen LogP contribution in [0.15, 0.2) is 29.6 Å². The summed E-state index contributed by atoms with van der Waals surface area (Å²) >= 11 is 7.43. The SMILES string of the molecule is NOCCc1nc(-c2ccc(Cl)cc2)cs1. The smallest absolute Gasteiger partial charge is 0.0956 e. The van der Waals surface area contributed by atoms with Gasteiger partial charge in [-0.3, -0.25) is 0 Å². The van der Waals surface area contributed by atoms with Crippen molar-refractivity contribution in [3.05, 3.63) is 39.7 Å². The molecule has 5 heteroatoms. The predicted octanol–water partition coefficient (Wildman–Crippen LogP) is 2.90. The molecule has 0 aliphatic rings. The van der Waals surface area contributed by atoms with E-state index in [1.807, 2.05) is 29.6 Å². The number of rotatable bonds is 4. The number of benzene rings is 1. The summed E-state index contributed by atoms with van der Waals surface area (Å²) in [6, 6.07) is 7.64. The van der Waals surface area contributed by atoms with E-state index in [4.69, 9.17) is 17.5 Å². The molecule has 0 bridgehead atoms. The molecule has 2 rings (SSSR count). The van der Waals surface area contributed by atoms with Gasteiger partial charge >= 0.3 is 0 Å². The Morgan fingerprint density at radius 3 is 2.75 bits per heavy atom. The molecule has 2 N–H and O–H groups in total. The zero-order chi connectivity index (χ0) is 11.4. The lowest BCUT2D eigenvalue weighted by molar-refractivity contribution is 0.141. The monoisotopic (exact) mass is 254 g/mol. The van der Waals surface area contributed by atoms with E-state index in [1.54, 1.807) is 11.3 Å². The van der Waals surface area contributed by atoms with E-state index in [1.165, 1.54) is 0 Å². The van der Waals surface area contributed by atoms with Crippen molar-refractivity contribution in [1.29, 1.82) is 0 Å². The Morgan fingerprint density at radius 2 is 2.06 bits per heavy atom. The molecular weight excluding hydrogens is 244 g/mol. The van der Waals surface area contributed by atoms with Crippen molar-refractivity contribution < 1.29 is 4.84 Å². The predicted molar refractivity (Wildman–Crippen MR) is 66.4 cm³/mol. The normalized spacial score (nSPS) is 10.6. The lowest BCUT2D eigenvalue weighted by Crippen LogP contribution is -2.03. The molecule has 0 spiro atoms. The van der Waals surface area contributed by atoms with E-state index >= 15 is 0 Å². The maximum Gasteiger partial charge on any atom is 0.0956 e. The molecule has 84 valence electrons. The number of hydrogen-bond donors (Lipinski definition) is 1. The zero-order valence-corrected chi connectivity index (χ0v) is 10.1. The fraction of sp³-hybridized carbons (Fsp3) is 0.182. The number of halogens is 1. The summed E-state index contributed by atoms with van der Waals surface area (Å²) in [5.41, 5.74) is 2.04. The quantitative estimate of drug-likeness (QED) is 0.854. The largest absolute Gasteiger partial charge is 0.304 e. The minimum atomic E-state index is 0.494. The molecule has 0 radical (unpaired) electrons. The fourth-order valence-corrected chi connectivity index (χ4v) is 2.24. The van der Waals surface area contributed by atoms with Crippen LogP contribution >= 0.6 is 22.9 Å². The van der Waals surface area contributed by atoms with Crippen LogP contribution in [-0.4, -0.2) is 11.6 Å². The van der Waals surface area contributed by atoms with Gasteiger partial charge in [0.2, 0.25) is 0 Å².